The largest absolute Gasteiger partial charge is 0.310 e. The third-order valence-electron chi connectivity index (χ3n) is 2.64. The van der Waals surface area contributed by atoms with Gasteiger partial charge in [0.05, 0.1) is 0 Å². The number of hydrogen-bond acceptors (Lipinski definition) is 1. The molecule has 1 rings (SSSR count). The highest BCUT2D eigenvalue weighted by Crippen LogP contribution is 2.24. The number of nitrogens with one attached hydrogen (secondary N) is 1. The molecule has 1 nitrogen and oxygen atoms in total. The van der Waals surface area contributed by atoms with E-state index < -0.39 is 0 Å². The molecular formula is C13H20ClN. The number of benzene rings is 1. The molecule has 0 aromatic heterocycles. The second-order valence-corrected chi connectivity index (χ2v) is 4.34. The first-order valence-electron chi connectivity index (χ1n) is 5.68. The summed E-state index contributed by atoms with van der Waals surface area (Å²) in [4.78, 5) is 0. The fraction of sp³-hybridized carbons (Fsp3) is 0.538. The van der Waals surface area contributed by atoms with Gasteiger partial charge in [-0.15, -0.1) is 0 Å². The first-order valence-corrected chi connectivity index (χ1v) is 6.06. The summed E-state index contributed by atoms with van der Waals surface area (Å²) in [7, 11) is 0. The Labute approximate surface area is 97.8 Å². The van der Waals surface area contributed by atoms with Crippen molar-refractivity contribution in [2.75, 3.05) is 6.54 Å². The lowest BCUT2D eigenvalue weighted by Gasteiger charge is -2.19. The first-order chi connectivity index (χ1) is 7.19. The maximum absolute atomic E-state index is 5.96. The molecular weight excluding hydrogens is 206 g/mol. The van der Waals surface area contributed by atoms with E-state index in [9.17, 15) is 0 Å². The Morgan fingerprint density at radius 1 is 1.33 bits per heavy atom. The molecule has 1 aromatic carbocycles. The summed E-state index contributed by atoms with van der Waals surface area (Å²) >= 11 is 5.96. The Balaban J connectivity index is 2.89. The van der Waals surface area contributed by atoms with Gasteiger partial charge in [0.15, 0.2) is 0 Å². The number of aryl methyl sites for hydroxylation is 1. The topological polar surface area (TPSA) is 12.0 Å². The maximum atomic E-state index is 5.96. The summed E-state index contributed by atoms with van der Waals surface area (Å²) in [5, 5.41) is 4.34. The average molecular weight is 226 g/mol. The van der Waals surface area contributed by atoms with Crippen molar-refractivity contribution in [3.8, 4) is 0 Å². The van der Waals surface area contributed by atoms with E-state index in [1.54, 1.807) is 0 Å². The minimum atomic E-state index is 0.470. The van der Waals surface area contributed by atoms with Gasteiger partial charge >= 0.3 is 0 Å². The zero-order valence-electron chi connectivity index (χ0n) is 9.81. The van der Waals surface area contributed by atoms with E-state index in [0.717, 1.165) is 11.6 Å². The molecule has 84 valence electrons. The molecule has 0 saturated heterocycles. The molecule has 1 unspecified atom stereocenters. The molecule has 0 aliphatic heterocycles. The molecule has 1 aromatic rings. The fourth-order valence-corrected chi connectivity index (χ4v) is 2.16. The second-order valence-electron chi connectivity index (χ2n) is 3.90. The van der Waals surface area contributed by atoms with Crippen LogP contribution in [0, 0.1) is 6.92 Å². The van der Waals surface area contributed by atoms with Crippen LogP contribution in [0.3, 0.4) is 0 Å². The van der Waals surface area contributed by atoms with E-state index in [0.29, 0.717) is 6.04 Å². The highest BCUT2D eigenvalue weighted by atomic mass is 35.5. The van der Waals surface area contributed by atoms with Crippen molar-refractivity contribution in [1.29, 1.82) is 0 Å². The Morgan fingerprint density at radius 2 is 2.07 bits per heavy atom. The molecule has 0 saturated carbocycles. The summed E-state index contributed by atoms with van der Waals surface area (Å²) in [6.07, 6.45) is 2.37. The molecule has 0 fully saturated rings. The molecule has 0 bridgehead atoms. The van der Waals surface area contributed by atoms with Crippen molar-refractivity contribution in [3.05, 3.63) is 34.3 Å². The smallest absolute Gasteiger partial charge is 0.0408 e. The minimum Gasteiger partial charge on any atom is -0.310 e. The molecule has 2 heteroatoms. The number of rotatable bonds is 5. The molecule has 0 aliphatic rings. The molecule has 0 radical (unpaired) electrons. The van der Waals surface area contributed by atoms with Crippen LogP contribution in [0.15, 0.2) is 18.2 Å². The Kier molecular flexibility index (Phi) is 5.13. The van der Waals surface area contributed by atoms with Crippen molar-refractivity contribution < 1.29 is 0 Å². The summed E-state index contributed by atoms with van der Waals surface area (Å²) in [5.74, 6) is 0. The fourth-order valence-electron chi connectivity index (χ4n) is 1.93. The summed E-state index contributed by atoms with van der Waals surface area (Å²) < 4.78 is 0. The molecule has 0 heterocycles. The quantitative estimate of drug-likeness (QED) is 0.796. The van der Waals surface area contributed by atoms with Crippen LogP contribution in [0.4, 0.5) is 0 Å². The van der Waals surface area contributed by atoms with E-state index in [2.05, 4.69) is 32.2 Å². The zero-order chi connectivity index (χ0) is 11.3. The van der Waals surface area contributed by atoms with E-state index in [4.69, 9.17) is 11.6 Å². The molecule has 1 atom stereocenters. The van der Waals surface area contributed by atoms with E-state index in [1.165, 1.54) is 24.0 Å². The van der Waals surface area contributed by atoms with Gasteiger partial charge in [0, 0.05) is 11.1 Å². The Bertz CT molecular complexity index is 303. The predicted molar refractivity (Wildman–Crippen MR) is 67.5 cm³/mol. The van der Waals surface area contributed by atoms with Crippen LogP contribution in [-0.2, 0) is 0 Å². The van der Waals surface area contributed by atoms with Crippen molar-refractivity contribution in [2.45, 2.75) is 39.7 Å². The highest BCUT2D eigenvalue weighted by molar-refractivity contribution is 6.30. The Morgan fingerprint density at radius 3 is 2.60 bits per heavy atom. The van der Waals surface area contributed by atoms with Gasteiger partial charge in [-0.05, 0) is 43.1 Å². The van der Waals surface area contributed by atoms with Crippen molar-refractivity contribution in [3.63, 3.8) is 0 Å². The van der Waals surface area contributed by atoms with Crippen LogP contribution >= 0.6 is 11.6 Å². The normalized spacial score (nSPS) is 12.8. The van der Waals surface area contributed by atoms with E-state index in [1.807, 2.05) is 12.1 Å². The van der Waals surface area contributed by atoms with Crippen LogP contribution in [0.25, 0.3) is 0 Å². The van der Waals surface area contributed by atoms with Crippen molar-refractivity contribution in [1.82, 2.24) is 5.32 Å². The van der Waals surface area contributed by atoms with Crippen LogP contribution in [0.1, 0.15) is 43.9 Å². The highest BCUT2D eigenvalue weighted by Gasteiger charge is 2.11. The third-order valence-corrected chi connectivity index (χ3v) is 2.87. The van der Waals surface area contributed by atoms with Gasteiger partial charge in [0.1, 0.15) is 0 Å². The molecule has 0 spiro atoms. The van der Waals surface area contributed by atoms with Gasteiger partial charge in [0.25, 0.3) is 0 Å². The van der Waals surface area contributed by atoms with Gasteiger partial charge in [-0.25, -0.2) is 0 Å². The lowest BCUT2D eigenvalue weighted by Crippen LogP contribution is -2.21. The van der Waals surface area contributed by atoms with Crippen LogP contribution < -0.4 is 5.32 Å². The average Bonchev–Trinajstić information content (AvgIpc) is 2.17. The monoisotopic (exact) mass is 225 g/mol. The summed E-state index contributed by atoms with van der Waals surface area (Å²) in [6.45, 7) is 7.50. The molecule has 1 N–H and O–H groups in total. The minimum absolute atomic E-state index is 0.470. The molecule has 0 aliphatic carbocycles. The van der Waals surface area contributed by atoms with E-state index >= 15 is 0 Å². The van der Waals surface area contributed by atoms with Crippen LogP contribution in [0.2, 0.25) is 5.02 Å². The van der Waals surface area contributed by atoms with Crippen molar-refractivity contribution >= 4 is 11.6 Å². The summed E-state index contributed by atoms with van der Waals surface area (Å²) in [5.41, 5.74) is 2.66. The zero-order valence-corrected chi connectivity index (χ0v) is 10.6. The van der Waals surface area contributed by atoms with Crippen LogP contribution in [-0.4, -0.2) is 6.54 Å². The molecule has 0 amide bonds. The lowest BCUT2D eigenvalue weighted by atomic mass is 9.98. The third kappa shape index (κ3) is 3.51. The second kappa shape index (κ2) is 6.14. The molecule has 15 heavy (non-hydrogen) atoms. The summed E-state index contributed by atoms with van der Waals surface area (Å²) in [6, 6.07) is 6.62. The van der Waals surface area contributed by atoms with Gasteiger partial charge in [-0.2, -0.15) is 0 Å². The first kappa shape index (κ1) is 12.5. The number of halogens is 1. The van der Waals surface area contributed by atoms with E-state index in [-0.39, 0.29) is 0 Å². The van der Waals surface area contributed by atoms with Crippen LogP contribution in [0.5, 0.6) is 0 Å². The van der Waals surface area contributed by atoms with Gasteiger partial charge < -0.3 is 5.32 Å². The van der Waals surface area contributed by atoms with Gasteiger partial charge in [0.2, 0.25) is 0 Å². The predicted octanol–water partition coefficient (Wildman–Crippen LogP) is 4.10. The SMILES string of the molecule is CCCC(NCC)c1ccc(Cl)cc1C. The lowest BCUT2D eigenvalue weighted by molar-refractivity contribution is 0.507. The Hall–Kier alpha value is -0.530. The van der Waals surface area contributed by atoms with Gasteiger partial charge in [-0.3, -0.25) is 0 Å². The van der Waals surface area contributed by atoms with Gasteiger partial charge in [-0.1, -0.05) is 37.9 Å². The number of hydrogen-bond donors (Lipinski definition) is 1. The maximum Gasteiger partial charge on any atom is 0.0408 e. The van der Waals surface area contributed by atoms with Crippen molar-refractivity contribution in [2.24, 2.45) is 0 Å². The standard InChI is InChI=1S/C13H20ClN/c1-4-6-13(15-5-2)12-8-7-11(14)9-10(12)3/h7-9,13,15H,4-6H2,1-3H3.